The van der Waals surface area contributed by atoms with Crippen LogP contribution in [-0.2, 0) is 12.8 Å². The van der Waals surface area contributed by atoms with Crippen LogP contribution >= 0.6 is 22.6 Å². The molecule has 0 saturated carbocycles. The maximum absolute atomic E-state index is 11.2. The summed E-state index contributed by atoms with van der Waals surface area (Å²) in [5.41, 5.74) is 1.71. The Morgan fingerprint density at radius 3 is 2.57 bits per heavy atom. The van der Waals surface area contributed by atoms with E-state index in [1.165, 1.54) is 6.07 Å². The third-order valence-electron chi connectivity index (χ3n) is 2.86. The lowest BCUT2D eigenvalue weighted by molar-refractivity contribution is 0.0694. The quantitative estimate of drug-likeness (QED) is 0.778. The number of carboxylic acid groups (broad SMARTS) is 1. The van der Waals surface area contributed by atoms with Crippen molar-refractivity contribution in [1.29, 1.82) is 0 Å². The number of aromatic carboxylic acids is 1. The minimum Gasteiger partial charge on any atom is -0.478 e. The van der Waals surface area contributed by atoms with Gasteiger partial charge in [-0.3, -0.25) is 0 Å². The molecular formula is C14H14IN3O3. The van der Waals surface area contributed by atoms with Crippen molar-refractivity contribution in [2.45, 2.75) is 26.7 Å². The summed E-state index contributed by atoms with van der Waals surface area (Å²) in [6.45, 7) is 3.95. The molecule has 0 aliphatic heterocycles. The Bertz CT molecular complexity index is 677. The monoisotopic (exact) mass is 399 g/mol. The fourth-order valence-electron chi connectivity index (χ4n) is 1.82. The number of nitrogens with zero attached hydrogens (tertiary/aromatic N) is 3. The first-order valence-electron chi connectivity index (χ1n) is 6.48. The van der Waals surface area contributed by atoms with Gasteiger partial charge in [-0.05, 0) is 53.6 Å². The molecule has 0 amide bonds. The first kappa shape index (κ1) is 15.6. The largest absolute Gasteiger partial charge is 0.478 e. The number of aromatic nitrogens is 3. The summed E-state index contributed by atoms with van der Waals surface area (Å²) in [5.74, 6) is -0.853. The molecule has 1 aromatic heterocycles. The molecule has 0 aliphatic carbocycles. The van der Waals surface area contributed by atoms with Gasteiger partial charge >= 0.3 is 12.0 Å². The fraction of sp³-hybridized carbons (Fsp3) is 0.286. The first-order chi connectivity index (χ1) is 10.0. The number of rotatable bonds is 5. The van der Waals surface area contributed by atoms with Gasteiger partial charge in [-0.2, -0.15) is 4.98 Å². The zero-order valence-corrected chi connectivity index (χ0v) is 13.8. The molecule has 0 bridgehead atoms. The molecular weight excluding hydrogens is 385 g/mol. The number of aryl methyl sites for hydroxylation is 2. The number of carboxylic acids is 1. The SMILES string of the molecule is CCc1nnc(Oc2ccc(I)cc2C(=O)O)nc1CC. The van der Waals surface area contributed by atoms with E-state index in [1.54, 1.807) is 12.1 Å². The van der Waals surface area contributed by atoms with Crippen LogP contribution in [0.5, 0.6) is 11.8 Å². The number of benzene rings is 1. The lowest BCUT2D eigenvalue weighted by Crippen LogP contribution is -2.06. The second-order valence-electron chi connectivity index (χ2n) is 4.24. The molecule has 0 spiro atoms. The van der Waals surface area contributed by atoms with Gasteiger partial charge in [0.15, 0.2) is 0 Å². The summed E-state index contributed by atoms with van der Waals surface area (Å²) < 4.78 is 6.31. The molecule has 0 aliphatic rings. The maximum atomic E-state index is 11.2. The van der Waals surface area contributed by atoms with E-state index in [0.29, 0.717) is 6.42 Å². The third kappa shape index (κ3) is 3.66. The summed E-state index contributed by atoms with van der Waals surface area (Å²) in [6.07, 6.45) is 1.46. The Balaban J connectivity index is 2.36. The molecule has 6 nitrogen and oxygen atoms in total. The first-order valence-corrected chi connectivity index (χ1v) is 7.56. The molecule has 21 heavy (non-hydrogen) atoms. The maximum Gasteiger partial charge on any atom is 0.341 e. The van der Waals surface area contributed by atoms with Gasteiger partial charge in [0.05, 0.1) is 11.4 Å². The van der Waals surface area contributed by atoms with Gasteiger partial charge in [-0.25, -0.2) is 4.79 Å². The van der Waals surface area contributed by atoms with E-state index >= 15 is 0 Å². The van der Waals surface area contributed by atoms with Crippen LogP contribution in [-0.4, -0.2) is 26.3 Å². The molecule has 110 valence electrons. The van der Waals surface area contributed by atoms with Crippen LogP contribution < -0.4 is 4.74 Å². The fourth-order valence-corrected chi connectivity index (χ4v) is 2.31. The Morgan fingerprint density at radius 2 is 1.95 bits per heavy atom. The topological polar surface area (TPSA) is 85.2 Å². The number of ether oxygens (including phenoxy) is 1. The highest BCUT2D eigenvalue weighted by Gasteiger charge is 2.15. The molecule has 0 radical (unpaired) electrons. The highest BCUT2D eigenvalue weighted by molar-refractivity contribution is 14.1. The van der Waals surface area contributed by atoms with Gasteiger partial charge in [0, 0.05) is 3.57 Å². The van der Waals surface area contributed by atoms with Crippen LogP contribution in [0.3, 0.4) is 0 Å². The van der Waals surface area contributed by atoms with Crippen molar-refractivity contribution in [3.05, 3.63) is 38.7 Å². The average molecular weight is 399 g/mol. The summed E-state index contributed by atoms with van der Waals surface area (Å²) in [6, 6.07) is 4.95. The average Bonchev–Trinajstić information content (AvgIpc) is 2.48. The highest BCUT2D eigenvalue weighted by Crippen LogP contribution is 2.25. The second kappa shape index (κ2) is 6.79. The van der Waals surface area contributed by atoms with E-state index in [0.717, 1.165) is 21.4 Å². The molecule has 0 unspecified atom stereocenters. The molecule has 0 saturated heterocycles. The second-order valence-corrected chi connectivity index (χ2v) is 5.49. The summed E-state index contributed by atoms with van der Waals surface area (Å²) in [5, 5.41) is 17.2. The predicted molar refractivity (Wildman–Crippen MR) is 84.8 cm³/mol. The molecule has 1 heterocycles. The lowest BCUT2D eigenvalue weighted by atomic mass is 10.2. The number of hydrogen-bond donors (Lipinski definition) is 1. The lowest BCUT2D eigenvalue weighted by Gasteiger charge is -2.09. The molecule has 1 N–H and O–H groups in total. The van der Waals surface area contributed by atoms with E-state index in [1.807, 2.05) is 36.4 Å². The third-order valence-corrected chi connectivity index (χ3v) is 3.53. The Morgan fingerprint density at radius 1 is 1.24 bits per heavy atom. The van der Waals surface area contributed by atoms with Crippen molar-refractivity contribution < 1.29 is 14.6 Å². The van der Waals surface area contributed by atoms with Gasteiger partial charge in [0.1, 0.15) is 11.3 Å². The molecule has 0 fully saturated rings. The predicted octanol–water partition coefficient (Wildman–Crippen LogP) is 3.09. The number of halogens is 1. The van der Waals surface area contributed by atoms with Crippen LogP contribution in [0.4, 0.5) is 0 Å². The van der Waals surface area contributed by atoms with Gasteiger partial charge < -0.3 is 9.84 Å². The number of carbonyl (C=O) groups is 1. The zero-order valence-electron chi connectivity index (χ0n) is 11.6. The molecule has 2 aromatic rings. The Hall–Kier alpha value is -1.77. The van der Waals surface area contributed by atoms with E-state index in [9.17, 15) is 9.90 Å². The minimum atomic E-state index is -1.06. The van der Waals surface area contributed by atoms with Gasteiger partial charge in [-0.15, -0.1) is 5.10 Å². The van der Waals surface area contributed by atoms with Gasteiger partial charge in [0.2, 0.25) is 0 Å². The smallest absolute Gasteiger partial charge is 0.341 e. The van der Waals surface area contributed by atoms with Crippen molar-refractivity contribution in [3.63, 3.8) is 0 Å². The molecule has 7 heteroatoms. The van der Waals surface area contributed by atoms with Crippen molar-refractivity contribution in [2.75, 3.05) is 0 Å². The van der Waals surface area contributed by atoms with E-state index in [2.05, 4.69) is 15.2 Å². The van der Waals surface area contributed by atoms with Crippen molar-refractivity contribution in [1.82, 2.24) is 15.2 Å². The Labute approximate surface area is 135 Å². The van der Waals surface area contributed by atoms with Crippen molar-refractivity contribution in [2.24, 2.45) is 0 Å². The van der Waals surface area contributed by atoms with Crippen molar-refractivity contribution in [3.8, 4) is 11.8 Å². The summed E-state index contributed by atoms with van der Waals surface area (Å²) >= 11 is 2.04. The van der Waals surface area contributed by atoms with E-state index in [-0.39, 0.29) is 17.3 Å². The van der Waals surface area contributed by atoms with Crippen LogP contribution in [0.15, 0.2) is 18.2 Å². The van der Waals surface area contributed by atoms with Gasteiger partial charge in [0.25, 0.3) is 0 Å². The summed E-state index contributed by atoms with van der Waals surface area (Å²) in [4.78, 5) is 15.5. The van der Waals surface area contributed by atoms with E-state index < -0.39 is 5.97 Å². The van der Waals surface area contributed by atoms with Gasteiger partial charge in [-0.1, -0.05) is 18.9 Å². The molecule has 1 aromatic carbocycles. The van der Waals surface area contributed by atoms with E-state index in [4.69, 9.17) is 4.74 Å². The normalized spacial score (nSPS) is 10.4. The summed E-state index contributed by atoms with van der Waals surface area (Å²) in [7, 11) is 0. The zero-order chi connectivity index (χ0) is 15.4. The van der Waals surface area contributed by atoms with Crippen LogP contribution in [0, 0.1) is 3.57 Å². The van der Waals surface area contributed by atoms with Crippen LogP contribution in [0.25, 0.3) is 0 Å². The molecule has 0 atom stereocenters. The Kier molecular flexibility index (Phi) is 5.05. The highest BCUT2D eigenvalue weighted by atomic mass is 127. The standard InChI is InChI=1S/C14H14IN3O3/c1-3-10-11(4-2)17-18-14(16-10)21-12-6-5-8(15)7-9(12)13(19)20/h5-7H,3-4H2,1-2H3,(H,19,20). The number of hydrogen-bond acceptors (Lipinski definition) is 5. The van der Waals surface area contributed by atoms with Crippen LogP contribution in [0.1, 0.15) is 35.6 Å². The van der Waals surface area contributed by atoms with Crippen LogP contribution in [0.2, 0.25) is 0 Å². The minimum absolute atomic E-state index is 0.0627. The van der Waals surface area contributed by atoms with Crippen molar-refractivity contribution >= 4 is 28.6 Å². The molecule has 2 rings (SSSR count).